The van der Waals surface area contributed by atoms with Crippen LogP contribution in [0, 0.1) is 0 Å². The van der Waals surface area contributed by atoms with Crippen molar-refractivity contribution in [3.63, 3.8) is 0 Å². The van der Waals surface area contributed by atoms with Crippen molar-refractivity contribution in [3.05, 3.63) is 77.0 Å². The Hall–Kier alpha value is -3.85. The van der Waals surface area contributed by atoms with Crippen LogP contribution in [0.2, 0.25) is 0 Å². The highest BCUT2D eigenvalue weighted by Crippen LogP contribution is 2.33. The van der Waals surface area contributed by atoms with E-state index in [4.69, 9.17) is 9.47 Å². The van der Waals surface area contributed by atoms with Crippen molar-refractivity contribution >= 4 is 17.9 Å². The molecule has 0 aromatic heterocycles. The fourth-order valence-corrected chi connectivity index (χ4v) is 5.17. The molecule has 0 aliphatic carbocycles. The van der Waals surface area contributed by atoms with Crippen molar-refractivity contribution in [2.45, 2.75) is 32.9 Å². The number of hydrogen-bond acceptors (Lipinski definition) is 6. The van der Waals surface area contributed by atoms with E-state index in [1.54, 1.807) is 18.9 Å². The second-order valence-corrected chi connectivity index (χ2v) is 9.43. The Morgan fingerprint density at radius 3 is 2.47 bits per heavy atom. The summed E-state index contributed by atoms with van der Waals surface area (Å²) in [7, 11) is 1.58. The minimum atomic E-state index is -0.673. The van der Waals surface area contributed by atoms with Gasteiger partial charge in [0.15, 0.2) is 0 Å². The number of carbonyl (C=O) groups excluding carboxylic acids is 3. The number of likely N-dealkylation sites (N-methyl/N-ethyl adjacent to an activating group) is 1. The van der Waals surface area contributed by atoms with Crippen molar-refractivity contribution in [2.24, 2.45) is 0 Å². The fraction of sp³-hybridized carbons (Fsp3) is 0.414. The summed E-state index contributed by atoms with van der Waals surface area (Å²) in [5, 5.41) is 2.99. The van der Waals surface area contributed by atoms with Crippen molar-refractivity contribution in [1.82, 2.24) is 20.0 Å². The molecule has 0 saturated carbocycles. The van der Waals surface area contributed by atoms with Crippen LogP contribution in [0.1, 0.15) is 42.7 Å². The van der Waals surface area contributed by atoms with Crippen LogP contribution in [0.15, 0.2) is 65.9 Å². The lowest BCUT2D eigenvalue weighted by molar-refractivity contribution is -0.139. The summed E-state index contributed by atoms with van der Waals surface area (Å²) in [5.74, 6) is 0.182. The molecule has 0 bridgehead atoms. The Balaban J connectivity index is 1.64. The van der Waals surface area contributed by atoms with Gasteiger partial charge in [0.2, 0.25) is 0 Å². The normalized spacial score (nSPS) is 20.3. The van der Waals surface area contributed by atoms with Crippen molar-refractivity contribution < 1.29 is 23.9 Å². The Labute approximate surface area is 224 Å². The molecule has 3 amide bonds. The quantitative estimate of drug-likeness (QED) is 0.537. The second-order valence-electron chi connectivity index (χ2n) is 9.43. The first-order chi connectivity index (χ1) is 18.4. The molecule has 1 fully saturated rings. The molecule has 2 heterocycles. The zero-order valence-electron chi connectivity index (χ0n) is 22.5. The summed E-state index contributed by atoms with van der Waals surface area (Å²) in [6.45, 7) is 8.46. The van der Waals surface area contributed by atoms with E-state index in [9.17, 15) is 14.4 Å². The lowest BCUT2D eigenvalue weighted by Crippen LogP contribution is -2.56. The van der Waals surface area contributed by atoms with Gasteiger partial charge in [-0.05, 0) is 50.6 Å². The zero-order chi connectivity index (χ0) is 27.2. The lowest BCUT2D eigenvalue weighted by atomic mass is 9.93. The maximum absolute atomic E-state index is 13.4. The molecule has 2 aliphatic heterocycles. The number of methoxy groups -OCH3 is 1. The molecule has 2 aromatic rings. The topological polar surface area (TPSA) is 91.4 Å². The van der Waals surface area contributed by atoms with Crippen LogP contribution >= 0.6 is 0 Å². The summed E-state index contributed by atoms with van der Waals surface area (Å²) in [4.78, 5) is 45.4. The van der Waals surface area contributed by atoms with E-state index in [0.717, 1.165) is 5.56 Å². The molecule has 2 aromatic carbocycles. The highest BCUT2D eigenvalue weighted by Gasteiger charge is 2.39. The molecule has 4 rings (SSSR count). The van der Waals surface area contributed by atoms with E-state index in [0.29, 0.717) is 55.3 Å². The van der Waals surface area contributed by atoms with Crippen molar-refractivity contribution in [1.29, 1.82) is 0 Å². The standard InChI is InChI=1S/C29H36N4O5/c1-5-32-24(19-31-15-16-33(20(3)18-31)27(34)21-11-8-7-9-12-21)25(28(35)38-6-2)26(30-29(32)36)22-13-10-14-23(17-22)37-4/h7-14,17,20,26H,5-6,15-16,18-19H2,1-4H3,(H,30,36)/t20-,26+/m0/s1. The zero-order valence-corrected chi connectivity index (χ0v) is 22.5. The van der Waals surface area contributed by atoms with Gasteiger partial charge in [0.25, 0.3) is 5.91 Å². The lowest BCUT2D eigenvalue weighted by Gasteiger charge is -2.43. The molecular formula is C29H36N4O5. The second kappa shape index (κ2) is 12.1. The molecule has 1 saturated heterocycles. The Bertz CT molecular complexity index is 1200. The first-order valence-corrected chi connectivity index (χ1v) is 13.1. The molecule has 38 heavy (non-hydrogen) atoms. The first kappa shape index (κ1) is 27.2. The van der Waals surface area contributed by atoms with E-state index in [1.807, 2.05) is 73.3 Å². The number of nitrogens with one attached hydrogen (secondary N) is 1. The highest BCUT2D eigenvalue weighted by molar-refractivity contribution is 5.95. The largest absolute Gasteiger partial charge is 0.497 e. The van der Waals surface area contributed by atoms with Gasteiger partial charge in [0.1, 0.15) is 5.75 Å². The predicted molar refractivity (Wildman–Crippen MR) is 144 cm³/mol. The maximum Gasteiger partial charge on any atom is 0.338 e. The van der Waals surface area contributed by atoms with Gasteiger partial charge < -0.3 is 19.7 Å². The monoisotopic (exact) mass is 520 g/mol. The molecule has 2 aliphatic rings. The molecule has 0 unspecified atom stereocenters. The minimum absolute atomic E-state index is 0.00879. The van der Waals surface area contributed by atoms with Gasteiger partial charge in [-0.2, -0.15) is 0 Å². The SMILES string of the molecule is CCOC(=O)C1=C(CN2CCN(C(=O)c3ccccc3)[C@@H](C)C2)N(CC)C(=O)N[C@@H]1c1cccc(OC)c1. The number of hydrogen-bond donors (Lipinski definition) is 1. The van der Waals surface area contributed by atoms with E-state index in [1.165, 1.54) is 0 Å². The van der Waals surface area contributed by atoms with Crippen LogP contribution in [-0.4, -0.2) is 85.1 Å². The predicted octanol–water partition coefficient (Wildman–Crippen LogP) is 3.45. The Morgan fingerprint density at radius 2 is 1.82 bits per heavy atom. The maximum atomic E-state index is 13.4. The third kappa shape index (κ3) is 5.67. The number of carbonyl (C=O) groups is 3. The number of esters is 1. The van der Waals surface area contributed by atoms with Gasteiger partial charge in [0, 0.05) is 50.0 Å². The van der Waals surface area contributed by atoms with Crippen LogP contribution in [-0.2, 0) is 9.53 Å². The summed E-state index contributed by atoms with van der Waals surface area (Å²) in [6.07, 6.45) is 0. The molecule has 2 atom stereocenters. The van der Waals surface area contributed by atoms with Gasteiger partial charge in [0.05, 0.1) is 25.3 Å². The van der Waals surface area contributed by atoms with Crippen molar-refractivity contribution in [3.8, 4) is 5.75 Å². The van der Waals surface area contributed by atoms with Gasteiger partial charge in [-0.15, -0.1) is 0 Å². The van der Waals surface area contributed by atoms with Crippen molar-refractivity contribution in [2.75, 3.05) is 46.4 Å². The molecule has 0 radical (unpaired) electrons. The number of ether oxygens (including phenoxy) is 2. The van der Waals surface area contributed by atoms with E-state index < -0.39 is 12.0 Å². The first-order valence-electron chi connectivity index (χ1n) is 13.1. The molecule has 9 nitrogen and oxygen atoms in total. The molecule has 9 heteroatoms. The smallest absolute Gasteiger partial charge is 0.338 e. The molecule has 0 spiro atoms. The molecule has 1 N–H and O–H groups in total. The molecular weight excluding hydrogens is 484 g/mol. The molecule has 202 valence electrons. The number of urea groups is 1. The van der Waals surface area contributed by atoms with Gasteiger partial charge in [-0.1, -0.05) is 30.3 Å². The van der Waals surface area contributed by atoms with E-state index in [2.05, 4.69) is 10.2 Å². The third-order valence-corrected chi connectivity index (χ3v) is 7.04. The number of piperazine rings is 1. The average molecular weight is 521 g/mol. The van der Waals surface area contributed by atoms with Gasteiger partial charge >= 0.3 is 12.0 Å². The summed E-state index contributed by atoms with van der Waals surface area (Å²) >= 11 is 0. The van der Waals surface area contributed by atoms with Crippen LogP contribution < -0.4 is 10.1 Å². The summed E-state index contributed by atoms with van der Waals surface area (Å²) in [6, 6.07) is 15.6. The van der Waals surface area contributed by atoms with Crippen LogP contribution in [0.5, 0.6) is 5.75 Å². The van der Waals surface area contributed by atoms with Crippen LogP contribution in [0.3, 0.4) is 0 Å². The fourth-order valence-electron chi connectivity index (χ4n) is 5.17. The summed E-state index contributed by atoms with van der Waals surface area (Å²) in [5.41, 5.74) is 2.44. The third-order valence-electron chi connectivity index (χ3n) is 7.04. The van der Waals surface area contributed by atoms with Crippen LogP contribution in [0.4, 0.5) is 4.79 Å². The Kier molecular flexibility index (Phi) is 8.68. The average Bonchev–Trinajstić information content (AvgIpc) is 2.93. The van der Waals surface area contributed by atoms with Crippen LogP contribution in [0.25, 0.3) is 0 Å². The van der Waals surface area contributed by atoms with Gasteiger partial charge in [-0.25, -0.2) is 9.59 Å². The van der Waals surface area contributed by atoms with E-state index >= 15 is 0 Å². The number of rotatable bonds is 8. The summed E-state index contributed by atoms with van der Waals surface area (Å²) < 4.78 is 10.9. The number of amides is 3. The number of benzene rings is 2. The highest BCUT2D eigenvalue weighted by atomic mass is 16.5. The Morgan fingerprint density at radius 1 is 1.05 bits per heavy atom. The van der Waals surface area contributed by atoms with E-state index in [-0.39, 0.29) is 24.6 Å². The van der Waals surface area contributed by atoms with Gasteiger partial charge in [-0.3, -0.25) is 14.6 Å². The minimum Gasteiger partial charge on any atom is -0.497 e. The number of nitrogens with zero attached hydrogens (tertiary/aromatic N) is 3.